The molecule has 0 bridgehead atoms. The predicted molar refractivity (Wildman–Crippen MR) is 76.4 cm³/mol. The van der Waals surface area contributed by atoms with E-state index in [1.54, 1.807) is 9.47 Å². The zero-order chi connectivity index (χ0) is 14.4. The summed E-state index contributed by atoms with van der Waals surface area (Å²) >= 11 is 1.33. The van der Waals surface area contributed by atoms with Crippen LogP contribution in [0.3, 0.4) is 0 Å². The molecule has 0 aliphatic heterocycles. The van der Waals surface area contributed by atoms with Crippen LogP contribution in [0.4, 0.5) is 0 Å². The minimum absolute atomic E-state index is 0.0773. The van der Waals surface area contributed by atoms with Crippen LogP contribution in [-0.4, -0.2) is 43.9 Å². The van der Waals surface area contributed by atoms with Crippen molar-refractivity contribution in [3.05, 3.63) is 10.5 Å². The van der Waals surface area contributed by atoms with E-state index in [-0.39, 0.29) is 16.8 Å². The Labute approximate surface area is 117 Å². The van der Waals surface area contributed by atoms with E-state index in [1.165, 1.54) is 11.8 Å². The molecular weight excluding hydrogens is 264 g/mol. The number of nitrogens with one attached hydrogen (secondary N) is 1. The Morgan fingerprint density at radius 1 is 1.42 bits per heavy atom. The maximum Gasteiger partial charge on any atom is 0.343 e. The number of hydrogen-bond acceptors (Lipinski definition) is 4. The molecule has 0 spiro atoms. The van der Waals surface area contributed by atoms with Crippen molar-refractivity contribution in [3.63, 3.8) is 0 Å². The lowest BCUT2D eigenvalue weighted by Gasteiger charge is -2.22. The monoisotopic (exact) mass is 286 g/mol. The summed E-state index contributed by atoms with van der Waals surface area (Å²) in [6, 6.07) is 0. The molecule has 0 fully saturated rings. The molecule has 6 nitrogen and oxygen atoms in total. The second-order valence-corrected chi connectivity index (χ2v) is 5.54. The van der Waals surface area contributed by atoms with Gasteiger partial charge >= 0.3 is 5.69 Å². The molecule has 0 saturated carbocycles. The summed E-state index contributed by atoms with van der Waals surface area (Å²) in [6.45, 7) is 9.77. The molecule has 0 aromatic carbocycles. The molecule has 1 unspecified atom stereocenters. The van der Waals surface area contributed by atoms with Gasteiger partial charge in [-0.05, 0) is 27.2 Å². The van der Waals surface area contributed by atoms with Crippen molar-refractivity contribution < 1.29 is 4.79 Å². The van der Waals surface area contributed by atoms with Crippen molar-refractivity contribution in [3.8, 4) is 0 Å². The number of nitrogens with zero attached hydrogens (tertiary/aromatic N) is 3. The highest BCUT2D eigenvalue weighted by atomic mass is 32.2. The van der Waals surface area contributed by atoms with Crippen LogP contribution in [0.5, 0.6) is 0 Å². The van der Waals surface area contributed by atoms with Crippen LogP contribution in [0.25, 0.3) is 0 Å². The van der Waals surface area contributed by atoms with E-state index < -0.39 is 0 Å². The highest BCUT2D eigenvalue weighted by molar-refractivity contribution is 8.00. The zero-order valence-electron chi connectivity index (χ0n) is 12.0. The van der Waals surface area contributed by atoms with Gasteiger partial charge in [0.25, 0.3) is 0 Å². The molecular formula is C12H22N4O2S. The van der Waals surface area contributed by atoms with E-state index >= 15 is 0 Å². The largest absolute Gasteiger partial charge is 0.343 e. The molecule has 0 saturated heterocycles. The van der Waals surface area contributed by atoms with E-state index in [1.807, 2.05) is 27.7 Å². The van der Waals surface area contributed by atoms with E-state index in [0.717, 1.165) is 6.42 Å². The van der Waals surface area contributed by atoms with Crippen molar-refractivity contribution >= 4 is 17.7 Å². The number of hydrogen-bond donors (Lipinski definition) is 1. The van der Waals surface area contributed by atoms with E-state index in [0.29, 0.717) is 24.8 Å². The highest BCUT2D eigenvalue weighted by Crippen LogP contribution is 2.21. The van der Waals surface area contributed by atoms with Crippen molar-refractivity contribution in [2.45, 2.75) is 51.1 Å². The van der Waals surface area contributed by atoms with Crippen molar-refractivity contribution in [1.82, 2.24) is 19.7 Å². The van der Waals surface area contributed by atoms with E-state index in [9.17, 15) is 9.59 Å². The van der Waals surface area contributed by atoms with Gasteiger partial charge in [0, 0.05) is 19.6 Å². The molecule has 0 radical (unpaired) electrons. The van der Waals surface area contributed by atoms with Crippen molar-refractivity contribution in [1.29, 1.82) is 0 Å². The maximum atomic E-state index is 12.2. The number of rotatable bonds is 7. The Bertz CT molecular complexity index is 465. The topological polar surface area (TPSA) is 71.0 Å². The summed E-state index contributed by atoms with van der Waals surface area (Å²) < 4.78 is 1.58. The predicted octanol–water partition coefficient (Wildman–Crippen LogP) is 1.33. The number of carbonyl (C=O) groups is 1. The van der Waals surface area contributed by atoms with E-state index in [4.69, 9.17) is 0 Å². The lowest BCUT2D eigenvalue weighted by molar-refractivity contribution is -0.129. The molecule has 0 aliphatic rings. The fourth-order valence-electron chi connectivity index (χ4n) is 1.81. The summed E-state index contributed by atoms with van der Waals surface area (Å²) in [5, 5.41) is 6.76. The molecule has 1 amide bonds. The van der Waals surface area contributed by atoms with Crippen LogP contribution in [0, 0.1) is 0 Å². The van der Waals surface area contributed by atoms with Gasteiger partial charge in [0.05, 0.1) is 5.25 Å². The van der Waals surface area contributed by atoms with Gasteiger partial charge in [-0.25, -0.2) is 9.89 Å². The number of amides is 1. The fourth-order valence-corrected chi connectivity index (χ4v) is 2.78. The Balaban J connectivity index is 2.79. The highest BCUT2D eigenvalue weighted by Gasteiger charge is 2.22. The second-order valence-electron chi connectivity index (χ2n) is 4.23. The molecule has 1 heterocycles. The first-order valence-electron chi connectivity index (χ1n) is 6.65. The van der Waals surface area contributed by atoms with Crippen LogP contribution in [-0.2, 0) is 11.3 Å². The van der Waals surface area contributed by atoms with Gasteiger partial charge in [-0.1, -0.05) is 18.7 Å². The molecule has 0 aliphatic carbocycles. The lowest BCUT2D eigenvalue weighted by Crippen LogP contribution is -2.36. The standard InChI is InChI=1S/C12H22N4O2S/c1-5-8-16-11(18)13-14-12(16)19-9(4)10(17)15(6-2)7-3/h9H,5-8H2,1-4H3,(H,13,18). The van der Waals surface area contributed by atoms with Crippen LogP contribution in [0.1, 0.15) is 34.1 Å². The lowest BCUT2D eigenvalue weighted by atomic mass is 10.4. The molecule has 1 aromatic heterocycles. The summed E-state index contributed by atoms with van der Waals surface area (Å²) in [7, 11) is 0. The first-order valence-corrected chi connectivity index (χ1v) is 7.53. The summed E-state index contributed by atoms with van der Waals surface area (Å²) in [5.74, 6) is 0.0773. The van der Waals surface area contributed by atoms with Gasteiger partial charge in [-0.2, -0.15) is 0 Å². The molecule has 7 heteroatoms. The van der Waals surface area contributed by atoms with Crippen LogP contribution >= 0.6 is 11.8 Å². The molecule has 1 N–H and O–H groups in total. The molecule has 1 atom stereocenters. The third-order valence-electron chi connectivity index (χ3n) is 2.88. The third kappa shape index (κ3) is 3.86. The SMILES string of the molecule is CCCn1c(SC(C)C(=O)N(CC)CC)n[nH]c1=O. The molecule has 1 rings (SSSR count). The van der Waals surface area contributed by atoms with Gasteiger partial charge < -0.3 is 4.90 Å². The maximum absolute atomic E-state index is 12.2. The van der Waals surface area contributed by atoms with E-state index in [2.05, 4.69) is 10.2 Å². The van der Waals surface area contributed by atoms with Gasteiger partial charge in [-0.15, -0.1) is 5.10 Å². The van der Waals surface area contributed by atoms with Gasteiger partial charge in [-0.3, -0.25) is 9.36 Å². The average Bonchev–Trinajstić information content (AvgIpc) is 2.73. The number of thioether (sulfide) groups is 1. The van der Waals surface area contributed by atoms with Crippen LogP contribution < -0.4 is 5.69 Å². The number of carbonyl (C=O) groups excluding carboxylic acids is 1. The first kappa shape index (κ1) is 15.8. The van der Waals surface area contributed by atoms with Gasteiger partial charge in [0.2, 0.25) is 5.91 Å². The molecule has 19 heavy (non-hydrogen) atoms. The smallest absolute Gasteiger partial charge is 0.342 e. The Morgan fingerprint density at radius 2 is 2.05 bits per heavy atom. The minimum Gasteiger partial charge on any atom is -0.342 e. The van der Waals surface area contributed by atoms with Crippen molar-refractivity contribution in [2.24, 2.45) is 0 Å². The molecule has 1 aromatic rings. The third-order valence-corrected chi connectivity index (χ3v) is 3.95. The summed E-state index contributed by atoms with van der Waals surface area (Å²) in [4.78, 5) is 25.5. The van der Waals surface area contributed by atoms with Crippen molar-refractivity contribution in [2.75, 3.05) is 13.1 Å². The fraction of sp³-hybridized carbons (Fsp3) is 0.750. The normalized spacial score (nSPS) is 12.4. The number of H-pyrrole nitrogens is 1. The quantitative estimate of drug-likeness (QED) is 0.768. The zero-order valence-corrected chi connectivity index (χ0v) is 12.8. The first-order chi connectivity index (χ1) is 9.04. The number of aromatic nitrogens is 3. The minimum atomic E-state index is -0.245. The summed E-state index contributed by atoms with van der Waals surface area (Å²) in [6.07, 6.45) is 0.853. The van der Waals surface area contributed by atoms with Gasteiger partial charge in [0.15, 0.2) is 5.16 Å². The van der Waals surface area contributed by atoms with Crippen LogP contribution in [0.15, 0.2) is 9.95 Å². The Kier molecular flexibility index (Phi) is 6.14. The summed E-state index contributed by atoms with van der Waals surface area (Å²) in [5.41, 5.74) is -0.216. The second kappa shape index (κ2) is 7.37. The molecule has 108 valence electrons. The Hall–Kier alpha value is -1.24. The van der Waals surface area contributed by atoms with Gasteiger partial charge in [0.1, 0.15) is 0 Å². The van der Waals surface area contributed by atoms with Crippen LogP contribution in [0.2, 0.25) is 0 Å². The average molecular weight is 286 g/mol. The Morgan fingerprint density at radius 3 is 2.58 bits per heavy atom. The number of aromatic amines is 1.